The highest BCUT2D eigenvalue weighted by atomic mass is 16.5. The van der Waals surface area contributed by atoms with Crippen LogP contribution in [0, 0.1) is 6.92 Å². The zero-order valence-electron chi connectivity index (χ0n) is 19.1. The fourth-order valence-electron chi connectivity index (χ4n) is 4.64. The van der Waals surface area contributed by atoms with Crippen molar-refractivity contribution >= 4 is 12.1 Å². The molecule has 6 heteroatoms. The van der Waals surface area contributed by atoms with E-state index >= 15 is 0 Å². The van der Waals surface area contributed by atoms with Gasteiger partial charge in [0.25, 0.3) is 6.47 Å². The van der Waals surface area contributed by atoms with E-state index in [-0.39, 0.29) is 6.47 Å². The van der Waals surface area contributed by atoms with Crippen LogP contribution in [0.5, 0.6) is 5.75 Å². The molecule has 2 heterocycles. The summed E-state index contributed by atoms with van der Waals surface area (Å²) in [4.78, 5) is 12.9. The highest BCUT2D eigenvalue weighted by molar-refractivity contribution is 5.69. The Balaban J connectivity index is 0.000000821. The lowest BCUT2D eigenvalue weighted by atomic mass is 9.91. The zero-order chi connectivity index (χ0) is 23.2. The van der Waals surface area contributed by atoms with Crippen LogP contribution >= 0.6 is 0 Å². The number of rotatable bonds is 5. The molecular formula is C27H29N3O3. The third kappa shape index (κ3) is 4.90. The van der Waals surface area contributed by atoms with E-state index in [9.17, 15) is 0 Å². The minimum Gasteiger partial charge on any atom is -0.494 e. The SMILES string of the molecule is CCOc1cccc(-c2cc3nccc(-c4ccc(C)c(C5CCCC5)c4)n3n2)c1.O=CO. The number of nitrogens with zero attached hydrogens (tertiary/aromatic N) is 3. The van der Waals surface area contributed by atoms with Gasteiger partial charge in [0.15, 0.2) is 5.65 Å². The molecule has 2 aromatic heterocycles. The molecule has 1 aliphatic rings. The van der Waals surface area contributed by atoms with Gasteiger partial charge in [0.1, 0.15) is 5.75 Å². The Bertz CT molecular complexity index is 1240. The van der Waals surface area contributed by atoms with Gasteiger partial charge in [0.05, 0.1) is 18.0 Å². The molecule has 6 nitrogen and oxygen atoms in total. The predicted octanol–water partition coefficient (Wildman–Crippen LogP) is 6.13. The van der Waals surface area contributed by atoms with Gasteiger partial charge >= 0.3 is 0 Å². The average Bonchev–Trinajstić information content (AvgIpc) is 3.51. The van der Waals surface area contributed by atoms with Crippen molar-refractivity contribution in [3.63, 3.8) is 0 Å². The van der Waals surface area contributed by atoms with Gasteiger partial charge in [-0.25, -0.2) is 9.50 Å². The topological polar surface area (TPSA) is 76.7 Å². The molecule has 1 N–H and O–H groups in total. The Hall–Kier alpha value is -3.67. The van der Waals surface area contributed by atoms with Crippen molar-refractivity contribution in [2.45, 2.75) is 45.4 Å². The molecular weight excluding hydrogens is 414 g/mol. The van der Waals surface area contributed by atoms with E-state index in [1.165, 1.54) is 42.4 Å². The van der Waals surface area contributed by atoms with Crippen LogP contribution in [0.3, 0.4) is 0 Å². The molecule has 1 fully saturated rings. The monoisotopic (exact) mass is 443 g/mol. The maximum atomic E-state index is 8.36. The van der Waals surface area contributed by atoms with Crippen molar-refractivity contribution < 1.29 is 14.6 Å². The molecule has 0 bridgehead atoms. The number of aryl methyl sites for hydroxylation is 1. The van der Waals surface area contributed by atoms with Gasteiger partial charge in [0, 0.05) is 23.4 Å². The predicted molar refractivity (Wildman–Crippen MR) is 130 cm³/mol. The second-order valence-electron chi connectivity index (χ2n) is 8.25. The third-order valence-electron chi connectivity index (χ3n) is 6.17. The molecule has 0 radical (unpaired) electrons. The smallest absolute Gasteiger partial charge is 0.290 e. The number of aromatic nitrogens is 3. The number of fused-ring (bicyclic) bond motifs is 1. The normalized spacial score (nSPS) is 13.5. The lowest BCUT2D eigenvalue weighted by Gasteiger charge is -2.15. The summed E-state index contributed by atoms with van der Waals surface area (Å²) in [5.41, 5.74) is 7.95. The van der Waals surface area contributed by atoms with E-state index in [2.05, 4.69) is 42.2 Å². The second kappa shape index (κ2) is 10.3. The van der Waals surface area contributed by atoms with Crippen LogP contribution in [0.25, 0.3) is 28.2 Å². The fraction of sp³-hybridized carbons (Fsp3) is 0.296. The van der Waals surface area contributed by atoms with Crippen LogP contribution < -0.4 is 4.74 Å². The van der Waals surface area contributed by atoms with Gasteiger partial charge in [-0.2, -0.15) is 5.10 Å². The number of hydrogen-bond donors (Lipinski definition) is 1. The van der Waals surface area contributed by atoms with Crippen LogP contribution in [0.1, 0.15) is 49.7 Å². The molecule has 0 atom stereocenters. The molecule has 0 spiro atoms. The maximum absolute atomic E-state index is 8.36. The first-order chi connectivity index (χ1) is 16.1. The number of ether oxygens (including phenoxy) is 1. The van der Waals surface area contributed by atoms with Gasteiger partial charge < -0.3 is 9.84 Å². The molecule has 0 unspecified atom stereocenters. The zero-order valence-corrected chi connectivity index (χ0v) is 19.1. The van der Waals surface area contributed by atoms with Crippen LogP contribution in [0.4, 0.5) is 0 Å². The molecule has 170 valence electrons. The van der Waals surface area contributed by atoms with E-state index in [0.717, 1.165) is 28.3 Å². The lowest BCUT2D eigenvalue weighted by molar-refractivity contribution is -0.122. The summed E-state index contributed by atoms with van der Waals surface area (Å²) >= 11 is 0. The second-order valence-corrected chi connectivity index (χ2v) is 8.25. The number of carbonyl (C=O) groups is 1. The van der Waals surface area contributed by atoms with E-state index in [4.69, 9.17) is 19.7 Å². The van der Waals surface area contributed by atoms with Crippen LogP contribution in [0.15, 0.2) is 60.8 Å². The molecule has 33 heavy (non-hydrogen) atoms. The first kappa shape index (κ1) is 22.5. The van der Waals surface area contributed by atoms with Gasteiger partial charge in [-0.3, -0.25) is 4.79 Å². The summed E-state index contributed by atoms with van der Waals surface area (Å²) in [6, 6.07) is 19.0. The van der Waals surface area contributed by atoms with Gasteiger partial charge in [-0.15, -0.1) is 0 Å². The lowest BCUT2D eigenvalue weighted by Crippen LogP contribution is -2.00. The summed E-state index contributed by atoms with van der Waals surface area (Å²) in [5, 5.41) is 11.8. The van der Waals surface area contributed by atoms with Gasteiger partial charge in [-0.05, 0) is 68.0 Å². The summed E-state index contributed by atoms with van der Waals surface area (Å²) < 4.78 is 7.62. The van der Waals surface area contributed by atoms with Crippen molar-refractivity contribution in [2.75, 3.05) is 6.61 Å². The molecule has 0 saturated heterocycles. The van der Waals surface area contributed by atoms with Crippen LogP contribution in [-0.4, -0.2) is 32.8 Å². The molecule has 1 saturated carbocycles. The van der Waals surface area contributed by atoms with Crippen molar-refractivity contribution in [1.82, 2.24) is 14.6 Å². The average molecular weight is 444 g/mol. The first-order valence-corrected chi connectivity index (χ1v) is 11.4. The van der Waals surface area contributed by atoms with Crippen molar-refractivity contribution in [2.24, 2.45) is 0 Å². The Morgan fingerprint density at radius 3 is 2.64 bits per heavy atom. The Labute approximate surface area is 193 Å². The van der Waals surface area contributed by atoms with E-state index in [1.807, 2.05) is 41.9 Å². The molecule has 1 aliphatic carbocycles. The van der Waals surface area contributed by atoms with E-state index < -0.39 is 0 Å². The summed E-state index contributed by atoms with van der Waals surface area (Å²) in [6.45, 7) is 4.63. The third-order valence-corrected chi connectivity index (χ3v) is 6.17. The van der Waals surface area contributed by atoms with Crippen LogP contribution in [0.2, 0.25) is 0 Å². The summed E-state index contributed by atoms with van der Waals surface area (Å²) in [7, 11) is 0. The Morgan fingerprint density at radius 1 is 1.09 bits per heavy atom. The first-order valence-electron chi connectivity index (χ1n) is 11.4. The number of benzene rings is 2. The quantitative estimate of drug-likeness (QED) is 0.376. The minimum absolute atomic E-state index is 0.250. The summed E-state index contributed by atoms with van der Waals surface area (Å²) in [6.07, 6.45) is 7.17. The molecule has 4 aromatic rings. The Kier molecular flexibility index (Phi) is 7.03. The van der Waals surface area contributed by atoms with Gasteiger partial charge in [0.2, 0.25) is 0 Å². The van der Waals surface area contributed by atoms with Gasteiger partial charge in [-0.1, -0.05) is 37.1 Å². The molecule has 0 aliphatic heterocycles. The molecule has 5 rings (SSSR count). The minimum atomic E-state index is -0.250. The summed E-state index contributed by atoms with van der Waals surface area (Å²) in [5.74, 6) is 1.55. The largest absolute Gasteiger partial charge is 0.494 e. The highest BCUT2D eigenvalue weighted by Crippen LogP contribution is 2.37. The van der Waals surface area contributed by atoms with E-state index in [1.54, 1.807) is 0 Å². The Morgan fingerprint density at radius 2 is 1.88 bits per heavy atom. The van der Waals surface area contributed by atoms with Crippen molar-refractivity contribution in [3.8, 4) is 28.3 Å². The fourth-order valence-corrected chi connectivity index (χ4v) is 4.64. The number of hydrogen-bond acceptors (Lipinski definition) is 4. The molecule has 2 aromatic carbocycles. The van der Waals surface area contributed by atoms with Crippen molar-refractivity contribution in [3.05, 3.63) is 71.9 Å². The molecule has 0 amide bonds. The van der Waals surface area contributed by atoms with Crippen LogP contribution in [-0.2, 0) is 4.79 Å². The maximum Gasteiger partial charge on any atom is 0.290 e. The standard InChI is InChI=1S/C26H27N3O.CH2O2/c1-3-30-22-10-6-9-20(15-22)24-17-26-27-14-13-25(29(26)28-24)21-12-11-18(2)23(16-21)19-7-4-5-8-19;2-1-3/h6,9-17,19H,3-5,7-8H2,1-2H3;1H,(H,2,3). The van der Waals surface area contributed by atoms with Crippen molar-refractivity contribution in [1.29, 1.82) is 0 Å². The number of carboxylic acid groups (broad SMARTS) is 1. The van der Waals surface area contributed by atoms with E-state index in [0.29, 0.717) is 12.5 Å². The highest BCUT2D eigenvalue weighted by Gasteiger charge is 2.20.